The number of hydrogen-bond acceptors (Lipinski definition) is 6. The number of aryl methyl sites for hydroxylation is 2. The van der Waals surface area contributed by atoms with E-state index in [4.69, 9.17) is 10.5 Å². The normalized spacial score (nSPS) is 19.4. The van der Waals surface area contributed by atoms with Crippen LogP contribution in [0.25, 0.3) is 27.8 Å². The SMILES string of the molecule is CC1=C(c2ccc(C(C)(C)C)cc2)\C=C\C23c4c(cccc4N4c5ccccc5N(c5c(-c6ccccc6)cccc5-c5ccccc5)C42)Oc2ccc4c(c23)N(\C(N)=C\1)c1ccccc1C41c2ccccc2N(c2cc(C)c(C)c(C)c2)c2ccccc21. The molecule has 2 N–H and O–H groups in total. The monoisotopic (exact) mass is 1150 g/mol. The molecule has 17 rings (SSSR count). The van der Waals surface area contributed by atoms with E-state index in [1.807, 2.05) is 0 Å². The number of hydrogen-bond donors (Lipinski definition) is 1. The van der Waals surface area contributed by atoms with Crippen LogP contribution >= 0.6 is 0 Å². The van der Waals surface area contributed by atoms with E-state index in [-0.39, 0.29) is 5.41 Å². The van der Waals surface area contributed by atoms with Crippen molar-refractivity contribution in [2.45, 2.75) is 70.9 Å². The summed E-state index contributed by atoms with van der Waals surface area (Å²) < 4.78 is 7.67. The molecule has 0 radical (unpaired) electrons. The summed E-state index contributed by atoms with van der Waals surface area (Å²) in [6, 6.07) is 90.5. The Kier molecular flexibility index (Phi) is 11.4. The van der Waals surface area contributed by atoms with E-state index in [1.165, 1.54) is 33.4 Å². The van der Waals surface area contributed by atoms with Crippen LogP contribution in [0.15, 0.2) is 272 Å². The Labute approximate surface area is 522 Å². The summed E-state index contributed by atoms with van der Waals surface area (Å²) >= 11 is 0. The highest BCUT2D eigenvalue weighted by Crippen LogP contribution is 2.72. The van der Waals surface area contributed by atoms with Crippen molar-refractivity contribution in [2.24, 2.45) is 5.73 Å². The number of fused-ring (bicyclic) bond motifs is 12. The first-order chi connectivity index (χ1) is 43.4. The maximum atomic E-state index is 8.14. The Bertz CT molecular complexity index is 4760. The van der Waals surface area contributed by atoms with Gasteiger partial charge in [0.05, 0.1) is 56.3 Å². The Morgan fingerprint density at radius 3 is 1.53 bits per heavy atom. The molecular weight excluding hydrogens is 1080 g/mol. The largest absolute Gasteiger partial charge is 0.457 e. The molecule has 0 saturated heterocycles. The highest BCUT2D eigenvalue weighted by Gasteiger charge is 2.65. The molecule has 0 aromatic heterocycles. The highest BCUT2D eigenvalue weighted by atomic mass is 16.5. The number of nitrogens with zero attached hydrogens (tertiary/aromatic N) is 4. The first-order valence-electron chi connectivity index (χ1n) is 31.2. The second-order valence-corrected chi connectivity index (χ2v) is 26.0. The van der Waals surface area contributed by atoms with Gasteiger partial charge in [-0.3, -0.25) is 4.90 Å². The molecule has 0 fully saturated rings. The lowest BCUT2D eigenvalue weighted by Gasteiger charge is -2.53. The van der Waals surface area contributed by atoms with Crippen LogP contribution in [-0.2, 0) is 16.2 Å². The van der Waals surface area contributed by atoms with Gasteiger partial charge in [-0.15, -0.1) is 0 Å². The summed E-state index contributed by atoms with van der Waals surface area (Å²) in [6.07, 6.45) is 6.78. The van der Waals surface area contributed by atoms with Gasteiger partial charge in [-0.05, 0) is 172 Å². The number of ether oxygens (including phenoxy) is 1. The average molecular weight is 1150 g/mol. The summed E-state index contributed by atoms with van der Waals surface area (Å²) in [6.45, 7) is 15.8. The molecule has 2 atom stereocenters. The van der Waals surface area contributed by atoms with E-state index in [2.05, 4.69) is 329 Å². The second-order valence-electron chi connectivity index (χ2n) is 26.0. The van der Waals surface area contributed by atoms with E-state index < -0.39 is 17.0 Å². The van der Waals surface area contributed by atoms with Crippen molar-refractivity contribution in [3.05, 3.63) is 333 Å². The maximum Gasteiger partial charge on any atom is 0.134 e. The smallest absolute Gasteiger partial charge is 0.134 e. The van der Waals surface area contributed by atoms with Crippen LogP contribution in [0.1, 0.15) is 88.9 Å². The van der Waals surface area contributed by atoms with Gasteiger partial charge in [0.2, 0.25) is 0 Å². The topological polar surface area (TPSA) is 48.2 Å². The number of para-hydroxylation sites is 6. The van der Waals surface area contributed by atoms with Crippen molar-refractivity contribution in [1.82, 2.24) is 0 Å². The lowest BCUT2D eigenvalue weighted by atomic mass is 9.58. The molecule has 2 unspecified atom stereocenters. The minimum Gasteiger partial charge on any atom is -0.457 e. The Hall–Kier alpha value is -10.6. The maximum absolute atomic E-state index is 8.14. The molecule has 89 heavy (non-hydrogen) atoms. The molecule has 6 heteroatoms. The van der Waals surface area contributed by atoms with Crippen molar-refractivity contribution in [2.75, 3.05) is 19.6 Å². The number of anilines is 9. The molecule has 0 saturated carbocycles. The molecule has 0 amide bonds. The van der Waals surface area contributed by atoms with Crippen LogP contribution in [0.4, 0.5) is 51.2 Å². The van der Waals surface area contributed by atoms with Crippen molar-refractivity contribution in [1.29, 1.82) is 0 Å². The summed E-state index contributed by atoms with van der Waals surface area (Å²) in [5.41, 5.74) is 35.7. The zero-order valence-electron chi connectivity index (χ0n) is 51.2. The summed E-state index contributed by atoms with van der Waals surface area (Å²) in [5.74, 6) is 2.22. The fraction of sp³-hybridized carbons (Fsp3) is 0.133. The fourth-order valence-corrected chi connectivity index (χ4v) is 16.2. The van der Waals surface area contributed by atoms with Crippen LogP contribution in [0.2, 0.25) is 0 Å². The predicted molar refractivity (Wildman–Crippen MR) is 368 cm³/mol. The van der Waals surface area contributed by atoms with Crippen molar-refractivity contribution >= 4 is 56.8 Å². The van der Waals surface area contributed by atoms with Gasteiger partial charge in [0.15, 0.2) is 0 Å². The quantitative estimate of drug-likeness (QED) is 0.185. The summed E-state index contributed by atoms with van der Waals surface area (Å²) in [5, 5.41) is 0. The van der Waals surface area contributed by atoms with Crippen LogP contribution in [0, 0.1) is 20.8 Å². The van der Waals surface area contributed by atoms with Gasteiger partial charge in [-0.1, -0.05) is 215 Å². The van der Waals surface area contributed by atoms with E-state index >= 15 is 0 Å². The molecule has 6 heterocycles. The number of nitrogens with two attached hydrogens (primary N) is 1. The fourth-order valence-electron chi connectivity index (χ4n) is 16.2. The van der Waals surface area contributed by atoms with Crippen LogP contribution in [-0.4, -0.2) is 6.17 Å². The Morgan fingerprint density at radius 2 is 0.944 bits per heavy atom. The minimum absolute atomic E-state index is 0.0320. The van der Waals surface area contributed by atoms with Crippen molar-refractivity contribution in [3.8, 4) is 33.8 Å². The number of rotatable bonds is 5. The van der Waals surface area contributed by atoms with E-state index in [0.717, 1.165) is 124 Å². The van der Waals surface area contributed by atoms with Crippen molar-refractivity contribution in [3.63, 3.8) is 0 Å². The molecule has 6 aliphatic rings. The average Bonchev–Trinajstić information content (AvgIpc) is 1.65. The van der Waals surface area contributed by atoms with Gasteiger partial charge in [-0.2, -0.15) is 0 Å². The molecule has 6 nitrogen and oxygen atoms in total. The molecule has 11 aromatic carbocycles. The summed E-state index contributed by atoms with van der Waals surface area (Å²) in [7, 11) is 0. The third-order valence-corrected chi connectivity index (χ3v) is 20.3. The molecule has 0 bridgehead atoms. The van der Waals surface area contributed by atoms with Gasteiger partial charge >= 0.3 is 0 Å². The molecule has 2 spiro atoms. The first-order valence-corrected chi connectivity index (χ1v) is 31.2. The zero-order valence-corrected chi connectivity index (χ0v) is 51.2. The number of benzene rings is 11. The van der Waals surface area contributed by atoms with E-state index in [9.17, 15) is 0 Å². The standard InChI is InChI=1S/C83H67N5O/c1-51-48-59(49-52(2)54(51)4)85-67-33-17-14-30-63(67)83(64-31-15-18-34-68(64)85)65-32-16-19-35-69(65)87-75(84)50-53(3)60(57-40-42-58(43-41-57)81(5,6)7)46-47-82-76-72(38-23-39-73(76)89-74-45-44-66(83)79(87)77(74)82)86-70-36-20-21-37-71(70)88(80(82)86)78-61(55-24-10-8-11-25-55)28-22-29-62(78)56-26-12-9-13-27-56/h8-50,80H,84H2,1-7H3/b47-46+,60-53-,75-50+. The van der Waals surface area contributed by atoms with Gasteiger partial charge in [-0.25, -0.2) is 0 Å². The van der Waals surface area contributed by atoms with Gasteiger partial charge in [0.25, 0.3) is 0 Å². The third-order valence-electron chi connectivity index (χ3n) is 20.3. The lowest BCUT2D eigenvalue weighted by molar-refractivity contribution is 0.409. The lowest BCUT2D eigenvalue weighted by Crippen LogP contribution is -2.52. The van der Waals surface area contributed by atoms with Gasteiger partial charge in [0.1, 0.15) is 23.5 Å². The Balaban J connectivity index is 1.04. The second kappa shape index (κ2) is 19.2. The van der Waals surface area contributed by atoms with Crippen LogP contribution < -0.4 is 30.1 Å². The molecule has 11 aromatic rings. The van der Waals surface area contributed by atoms with Gasteiger partial charge in [0, 0.05) is 27.9 Å². The third kappa shape index (κ3) is 7.26. The van der Waals surface area contributed by atoms with E-state index in [1.54, 1.807) is 0 Å². The minimum atomic E-state index is -1.02. The first kappa shape index (κ1) is 52.7. The van der Waals surface area contributed by atoms with Gasteiger partial charge < -0.3 is 25.2 Å². The molecular formula is C83H67N5O. The van der Waals surface area contributed by atoms with Crippen molar-refractivity contribution < 1.29 is 4.74 Å². The molecule has 6 aliphatic heterocycles. The predicted octanol–water partition coefficient (Wildman–Crippen LogP) is 20.7. The van der Waals surface area contributed by atoms with Crippen LogP contribution in [0.5, 0.6) is 11.5 Å². The Morgan fingerprint density at radius 1 is 0.438 bits per heavy atom. The highest BCUT2D eigenvalue weighted by molar-refractivity contribution is 6.05. The zero-order chi connectivity index (χ0) is 60.2. The summed E-state index contributed by atoms with van der Waals surface area (Å²) in [4.78, 5) is 10.2. The number of allylic oxidation sites excluding steroid dienone is 4. The molecule has 0 aliphatic carbocycles. The van der Waals surface area contributed by atoms with Crippen LogP contribution in [0.3, 0.4) is 0 Å². The molecule has 430 valence electrons. The van der Waals surface area contributed by atoms with E-state index in [0.29, 0.717) is 5.82 Å².